The van der Waals surface area contributed by atoms with Gasteiger partial charge in [0.15, 0.2) is 11.6 Å². The molecule has 0 saturated heterocycles. The first-order valence-corrected chi connectivity index (χ1v) is 7.20. The largest absolute Gasteiger partial charge is 0.392 e. The van der Waals surface area contributed by atoms with Crippen molar-refractivity contribution in [1.82, 2.24) is 4.57 Å². The van der Waals surface area contributed by atoms with E-state index in [9.17, 15) is 13.9 Å². The molecule has 1 heterocycles. The zero-order valence-corrected chi connectivity index (χ0v) is 12.8. The molecule has 0 aliphatic rings. The molecule has 0 unspecified atom stereocenters. The van der Waals surface area contributed by atoms with Gasteiger partial charge in [0.25, 0.3) is 0 Å². The minimum Gasteiger partial charge on any atom is -0.392 e. The Balaban J connectivity index is 2.54. The van der Waals surface area contributed by atoms with Gasteiger partial charge in [0.1, 0.15) is 5.69 Å². The van der Waals surface area contributed by atoms with Crippen LogP contribution < -0.4 is 4.90 Å². The molecule has 0 spiro atoms. The molecule has 116 valence electrons. The van der Waals surface area contributed by atoms with Crippen molar-refractivity contribution in [3.8, 4) is 0 Å². The Morgan fingerprint density at radius 2 is 1.86 bits per heavy atom. The van der Waals surface area contributed by atoms with Gasteiger partial charge in [-0.25, -0.2) is 8.78 Å². The van der Waals surface area contributed by atoms with E-state index in [1.165, 1.54) is 11.0 Å². The number of fused-ring (bicyclic) bond motifs is 3. The van der Waals surface area contributed by atoms with Crippen molar-refractivity contribution in [2.75, 3.05) is 19.0 Å². The molecule has 0 aliphatic carbocycles. The van der Waals surface area contributed by atoms with E-state index in [0.717, 1.165) is 5.52 Å². The molecule has 1 N–H and O–H groups in total. The number of aliphatic hydroxyl groups excluding tert-OH is 1. The SMILES string of the molecule is CCn1c2ccc(CO)cc2c2c(F)c(N(C)C)c(F)cc21. The summed E-state index contributed by atoms with van der Waals surface area (Å²) in [5, 5.41) is 10.4. The van der Waals surface area contributed by atoms with Crippen LogP contribution in [-0.4, -0.2) is 23.8 Å². The Morgan fingerprint density at radius 3 is 2.45 bits per heavy atom. The summed E-state index contributed by atoms with van der Waals surface area (Å²) in [6.07, 6.45) is 0. The molecule has 0 saturated carbocycles. The monoisotopic (exact) mass is 304 g/mol. The molecule has 22 heavy (non-hydrogen) atoms. The molecular formula is C17H18F2N2O. The highest BCUT2D eigenvalue weighted by Crippen LogP contribution is 2.37. The third kappa shape index (κ3) is 1.96. The average Bonchev–Trinajstić information content (AvgIpc) is 2.78. The fourth-order valence-electron chi connectivity index (χ4n) is 3.06. The van der Waals surface area contributed by atoms with Gasteiger partial charge in [-0.05, 0) is 24.6 Å². The lowest BCUT2D eigenvalue weighted by atomic mass is 10.1. The number of rotatable bonds is 3. The predicted octanol–water partition coefficient (Wildman–Crippen LogP) is 3.65. The molecular weight excluding hydrogens is 286 g/mol. The number of aliphatic hydroxyl groups is 1. The number of hydrogen-bond donors (Lipinski definition) is 1. The van der Waals surface area contributed by atoms with Crippen LogP contribution in [0.15, 0.2) is 24.3 Å². The lowest BCUT2D eigenvalue weighted by Crippen LogP contribution is -2.13. The van der Waals surface area contributed by atoms with Gasteiger partial charge in [0, 0.05) is 43.0 Å². The Kier molecular flexibility index (Phi) is 3.53. The number of benzene rings is 2. The van der Waals surface area contributed by atoms with Crippen LogP contribution in [0.2, 0.25) is 0 Å². The molecule has 0 atom stereocenters. The van der Waals surface area contributed by atoms with E-state index in [-0.39, 0.29) is 12.3 Å². The number of hydrogen-bond acceptors (Lipinski definition) is 2. The fourth-order valence-corrected chi connectivity index (χ4v) is 3.06. The second kappa shape index (κ2) is 5.25. The van der Waals surface area contributed by atoms with E-state index in [1.807, 2.05) is 17.6 Å². The Bertz CT molecular complexity index is 868. The quantitative estimate of drug-likeness (QED) is 0.800. The lowest BCUT2D eigenvalue weighted by molar-refractivity contribution is 0.282. The van der Waals surface area contributed by atoms with Gasteiger partial charge in [0.05, 0.1) is 12.1 Å². The molecule has 1 aromatic heterocycles. The molecule has 3 nitrogen and oxygen atoms in total. The minimum atomic E-state index is -0.574. The van der Waals surface area contributed by atoms with Crippen molar-refractivity contribution < 1.29 is 13.9 Å². The number of aromatic nitrogens is 1. The maximum Gasteiger partial charge on any atom is 0.159 e. The van der Waals surface area contributed by atoms with Crippen LogP contribution in [-0.2, 0) is 13.2 Å². The van der Waals surface area contributed by atoms with Crippen molar-refractivity contribution in [3.63, 3.8) is 0 Å². The normalized spacial score (nSPS) is 11.5. The average molecular weight is 304 g/mol. The zero-order valence-electron chi connectivity index (χ0n) is 12.8. The van der Waals surface area contributed by atoms with Crippen LogP contribution in [0.3, 0.4) is 0 Å². The Morgan fingerprint density at radius 1 is 1.14 bits per heavy atom. The van der Waals surface area contributed by atoms with E-state index in [4.69, 9.17) is 0 Å². The standard InChI is InChI=1S/C17H18F2N2O/c1-4-21-13-6-5-10(9-22)7-11(13)15-14(21)8-12(18)17(16(15)19)20(2)3/h5-8,22H,4,9H2,1-3H3. The van der Waals surface area contributed by atoms with Crippen LogP contribution in [0.1, 0.15) is 12.5 Å². The maximum absolute atomic E-state index is 14.9. The summed E-state index contributed by atoms with van der Waals surface area (Å²) in [6, 6.07) is 6.80. The molecule has 5 heteroatoms. The van der Waals surface area contributed by atoms with Crippen molar-refractivity contribution in [1.29, 1.82) is 0 Å². The smallest absolute Gasteiger partial charge is 0.159 e. The van der Waals surface area contributed by atoms with Crippen molar-refractivity contribution in [2.24, 2.45) is 0 Å². The topological polar surface area (TPSA) is 28.4 Å². The van der Waals surface area contributed by atoms with Crippen molar-refractivity contribution in [3.05, 3.63) is 41.5 Å². The lowest BCUT2D eigenvalue weighted by Gasteiger charge is -2.15. The summed E-state index contributed by atoms with van der Waals surface area (Å²) in [7, 11) is 3.23. The van der Waals surface area contributed by atoms with E-state index in [1.54, 1.807) is 26.2 Å². The summed E-state index contributed by atoms with van der Waals surface area (Å²) < 4.78 is 31.1. The van der Waals surface area contributed by atoms with E-state index in [0.29, 0.717) is 28.4 Å². The van der Waals surface area contributed by atoms with Crippen molar-refractivity contribution >= 4 is 27.5 Å². The molecule has 3 rings (SSSR count). The first-order valence-electron chi connectivity index (χ1n) is 7.20. The number of halogens is 2. The van der Waals surface area contributed by atoms with E-state index >= 15 is 0 Å². The summed E-state index contributed by atoms with van der Waals surface area (Å²) >= 11 is 0. The Hall–Kier alpha value is -2.14. The zero-order chi connectivity index (χ0) is 16.0. The van der Waals surface area contributed by atoms with Crippen LogP contribution in [0.4, 0.5) is 14.5 Å². The van der Waals surface area contributed by atoms with Gasteiger partial charge >= 0.3 is 0 Å². The van der Waals surface area contributed by atoms with Gasteiger partial charge in [-0.15, -0.1) is 0 Å². The van der Waals surface area contributed by atoms with E-state index < -0.39 is 11.6 Å². The summed E-state index contributed by atoms with van der Waals surface area (Å²) in [4.78, 5) is 1.44. The highest BCUT2D eigenvalue weighted by Gasteiger charge is 2.21. The molecule has 3 aromatic rings. The molecule has 0 amide bonds. The third-order valence-electron chi connectivity index (χ3n) is 4.03. The minimum absolute atomic E-state index is 0.0444. The summed E-state index contributed by atoms with van der Waals surface area (Å²) in [6.45, 7) is 2.44. The number of nitrogens with zero attached hydrogens (tertiary/aromatic N) is 2. The van der Waals surface area contributed by atoms with Crippen LogP contribution in [0, 0.1) is 11.6 Å². The summed E-state index contributed by atoms with van der Waals surface area (Å²) in [5.74, 6) is -1.14. The summed E-state index contributed by atoms with van der Waals surface area (Å²) in [5.41, 5.74) is 2.03. The second-order valence-corrected chi connectivity index (χ2v) is 5.56. The molecule has 2 aromatic carbocycles. The number of aryl methyl sites for hydroxylation is 1. The molecule has 0 fully saturated rings. The second-order valence-electron chi connectivity index (χ2n) is 5.56. The van der Waals surface area contributed by atoms with Gasteiger partial charge < -0.3 is 14.6 Å². The molecule has 0 radical (unpaired) electrons. The van der Waals surface area contributed by atoms with Gasteiger partial charge in [-0.3, -0.25) is 0 Å². The highest BCUT2D eigenvalue weighted by atomic mass is 19.1. The molecule has 0 aliphatic heterocycles. The van der Waals surface area contributed by atoms with Crippen LogP contribution in [0.5, 0.6) is 0 Å². The third-order valence-corrected chi connectivity index (χ3v) is 4.03. The fraction of sp³-hybridized carbons (Fsp3) is 0.294. The van der Waals surface area contributed by atoms with Gasteiger partial charge in [0.2, 0.25) is 0 Å². The van der Waals surface area contributed by atoms with Gasteiger partial charge in [-0.2, -0.15) is 0 Å². The predicted molar refractivity (Wildman–Crippen MR) is 85.3 cm³/mol. The highest BCUT2D eigenvalue weighted by molar-refractivity contribution is 6.09. The Labute approximate surface area is 127 Å². The van der Waals surface area contributed by atoms with Gasteiger partial charge in [-0.1, -0.05) is 6.07 Å². The first kappa shape index (κ1) is 14.8. The first-order chi connectivity index (χ1) is 10.5. The van der Waals surface area contributed by atoms with Crippen LogP contribution >= 0.6 is 0 Å². The van der Waals surface area contributed by atoms with Crippen molar-refractivity contribution in [2.45, 2.75) is 20.1 Å². The van der Waals surface area contributed by atoms with E-state index in [2.05, 4.69) is 0 Å². The molecule has 0 bridgehead atoms. The number of anilines is 1. The maximum atomic E-state index is 14.9. The van der Waals surface area contributed by atoms with Crippen LogP contribution in [0.25, 0.3) is 21.8 Å².